The van der Waals surface area contributed by atoms with Crippen LogP contribution in [0.5, 0.6) is 0 Å². The molecule has 7 heteroatoms. The molecule has 0 aliphatic rings. The van der Waals surface area contributed by atoms with E-state index in [1.54, 1.807) is 24.8 Å². The summed E-state index contributed by atoms with van der Waals surface area (Å²) in [7, 11) is 0. The highest BCUT2D eigenvalue weighted by Gasteiger charge is 2.09. The van der Waals surface area contributed by atoms with Gasteiger partial charge in [-0.2, -0.15) is 0 Å². The number of benzene rings is 1. The Hall–Kier alpha value is -3.48. The third kappa shape index (κ3) is 3.12. The average Bonchev–Trinajstić information content (AvgIpc) is 3.31. The Bertz CT molecular complexity index is 1000. The second-order valence-corrected chi connectivity index (χ2v) is 5.57. The van der Waals surface area contributed by atoms with Gasteiger partial charge in [0.25, 0.3) is 5.91 Å². The number of fused-ring (bicyclic) bond motifs is 1. The summed E-state index contributed by atoms with van der Waals surface area (Å²) in [5, 5.41) is 4.02. The van der Waals surface area contributed by atoms with Crippen LogP contribution < -0.4 is 5.32 Å². The van der Waals surface area contributed by atoms with Crippen molar-refractivity contribution in [2.24, 2.45) is 0 Å². The lowest BCUT2D eigenvalue weighted by atomic mass is 10.1. The van der Waals surface area contributed by atoms with Gasteiger partial charge in [0.2, 0.25) is 0 Å². The van der Waals surface area contributed by atoms with E-state index in [9.17, 15) is 4.79 Å². The maximum atomic E-state index is 12.3. The van der Waals surface area contributed by atoms with E-state index >= 15 is 0 Å². The monoisotopic (exact) mass is 332 g/mol. The number of nitrogens with zero attached hydrogens (tertiary/aromatic N) is 4. The quantitative estimate of drug-likeness (QED) is 0.587. The highest BCUT2D eigenvalue weighted by Crippen LogP contribution is 2.14. The minimum Gasteiger partial charge on any atom is -0.361 e. The van der Waals surface area contributed by atoms with Crippen LogP contribution in [0.1, 0.15) is 10.4 Å². The van der Waals surface area contributed by atoms with Crippen molar-refractivity contribution < 1.29 is 4.79 Å². The Morgan fingerprint density at radius 1 is 1.16 bits per heavy atom. The van der Waals surface area contributed by atoms with E-state index in [1.807, 2.05) is 41.2 Å². The number of hydrogen-bond acceptors (Lipinski definition) is 4. The van der Waals surface area contributed by atoms with Crippen LogP contribution in [-0.2, 0) is 6.54 Å². The van der Waals surface area contributed by atoms with Crippen LogP contribution in [0, 0.1) is 0 Å². The number of hydrogen-bond donors (Lipinski definition) is 2. The summed E-state index contributed by atoms with van der Waals surface area (Å²) < 4.78 is 1.94. The molecule has 0 saturated heterocycles. The minimum atomic E-state index is -0.0994. The molecule has 0 unspecified atom stereocenters. The van der Waals surface area contributed by atoms with Crippen LogP contribution in [0.4, 0.5) is 0 Å². The van der Waals surface area contributed by atoms with Gasteiger partial charge in [0.15, 0.2) is 5.82 Å². The van der Waals surface area contributed by atoms with Crippen LogP contribution in [0.15, 0.2) is 61.4 Å². The van der Waals surface area contributed by atoms with Gasteiger partial charge in [-0.05, 0) is 23.6 Å². The topological polar surface area (TPSA) is 88.5 Å². The molecule has 4 aromatic rings. The molecule has 7 nitrogen and oxygen atoms in total. The van der Waals surface area contributed by atoms with E-state index in [0.717, 1.165) is 16.7 Å². The number of rotatable bonds is 5. The maximum Gasteiger partial charge on any atom is 0.251 e. The van der Waals surface area contributed by atoms with Crippen molar-refractivity contribution in [3.05, 3.63) is 67.0 Å². The van der Waals surface area contributed by atoms with Gasteiger partial charge in [-0.3, -0.25) is 9.78 Å². The molecule has 0 spiro atoms. The third-order valence-electron chi connectivity index (χ3n) is 3.96. The van der Waals surface area contributed by atoms with Crippen LogP contribution in [0.2, 0.25) is 0 Å². The lowest BCUT2D eigenvalue weighted by Crippen LogP contribution is -2.27. The zero-order valence-electron chi connectivity index (χ0n) is 13.4. The Labute approximate surface area is 143 Å². The Morgan fingerprint density at radius 2 is 2.12 bits per heavy atom. The summed E-state index contributed by atoms with van der Waals surface area (Å²) in [5.74, 6) is 0.632. The molecule has 124 valence electrons. The number of imidazole rings is 1. The van der Waals surface area contributed by atoms with Crippen LogP contribution in [-0.4, -0.2) is 37.0 Å². The van der Waals surface area contributed by atoms with E-state index in [0.29, 0.717) is 24.3 Å². The van der Waals surface area contributed by atoms with Gasteiger partial charge in [0.1, 0.15) is 5.69 Å². The van der Waals surface area contributed by atoms with Gasteiger partial charge in [0.05, 0.1) is 6.20 Å². The Balaban J connectivity index is 1.41. The molecule has 0 radical (unpaired) electrons. The molecule has 4 rings (SSSR count). The van der Waals surface area contributed by atoms with E-state index in [1.165, 1.54) is 0 Å². The normalized spacial score (nSPS) is 10.9. The van der Waals surface area contributed by atoms with Crippen molar-refractivity contribution >= 4 is 16.8 Å². The van der Waals surface area contributed by atoms with Crippen molar-refractivity contribution in [3.8, 4) is 11.5 Å². The Kier molecular flexibility index (Phi) is 3.96. The number of nitrogens with one attached hydrogen (secondary N) is 2. The Morgan fingerprint density at radius 3 is 3.00 bits per heavy atom. The summed E-state index contributed by atoms with van der Waals surface area (Å²) in [5.41, 5.74) is 2.29. The molecule has 0 fully saturated rings. The maximum absolute atomic E-state index is 12.3. The first-order chi connectivity index (χ1) is 12.3. The first-order valence-electron chi connectivity index (χ1n) is 7.94. The van der Waals surface area contributed by atoms with Crippen molar-refractivity contribution in [1.82, 2.24) is 29.8 Å². The second kappa shape index (κ2) is 6.56. The smallest absolute Gasteiger partial charge is 0.251 e. The molecule has 3 aromatic heterocycles. The summed E-state index contributed by atoms with van der Waals surface area (Å²) in [6.07, 6.45) is 10.4. The van der Waals surface area contributed by atoms with E-state index in [-0.39, 0.29) is 5.91 Å². The summed E-state index contributed by atoms with van der Waals surface area (Å²) in [6, 6.07) is 7.59. The standard InChI is InChI=1S/C18H16N6O/c25-18(14-2-1-13-3-4-20-15(13)11-14)23-8-10-24-9-7-22-17(24)16-12-19-5-6-21-16/h1-7,9,11-12,20H,8,10H2,(H,23,25). The fourth-order valence-electron chi connectivity index (χ4n) is 2.72. The van der Waals surface area contributed by atoms with Crippen LogP contribution in [0.25, 0.3) is 22.4 Å². The van der Waals surface area contributed by atoms with Crippen molar-refractivity contribution in [2.75, 3.05) is 6.54 Å². The zero-order valence-corrected chi connectivity index (χ0v) is 13.4. The van der Waals surface area contributed by atoms with Crippen LogP contribution >= 0.6 is 0 Å². The molecule has 1 aromatic carbocycles. The number of aromatic amines is 1. The third-order valence-corrected chi connectivity index (χ3v) is 3.96. The van der Waals surface area contributed by atoms with Gasteiger partial charge in [0, 0.05) is 55.2 Å². The highest BCUT2D eigenvalue weighted by atomic mass is 16.1. The van der Waals surface area contributed by atoms with Gasteiger partial charge in [-0.1, -0.05) is 6.07 Å². The first kappa shape index (κ1) is 15.1. The molecule has 0 aliphatic heterocycles. The minimum absolute atomic E-state index is 0.0994. The predicted octanol–water partition coefficient (Wildman–Crippen LogP) is 2.25. The molecule has 3 heterocycles. The molecule has 25 heavy (non-hydrogen) atoms. The number of carbonyl (C=O) groups is 1. The number of carbonyl (C=O) groups excluding carboxylic acids is 1. The molecule has 0 saturated carbocycles. The fourth-order valence-corrected chi connectivity index (χ4v) is 2.72. The largest absolute Gasteiger partial charge is 0.361 e. The van der Waals surface area contributed by atoms with Crippen molar-refractivity contribution in [2.45, 2.75) is 6.54 Å². The number of aromatic nitrogens is 5. The molecule has 2 N–H and O–H groups in total. The van der Waals surface area contributed by atoms with Gasteiger partial charge >= 0.3 is 0 Å². The SMILES string of the molecule is O=C(NCCn1ccnc1-c1cnccn1)c1ccc2cc[nH]c2c1. The lowest BCUT2D eigenvalue weighted by Gasteiger charge is -2.09. The first-order valence-corrected chi connectivity index (χ1v) is 7.94. The van der Waals surface area contributed by atoms with Crippen molar-refractivity contribution in [1.29, 1.82) is 0 Å². The molecule has 1 amide bonds. The van der Waals surface area contributed by atoms with Gasteiger partial charge in [-0.25, -0.2) is 9.97 Å². The molecule has 0 bridgehead atoms. The van der Waals surface area contributed by atoms with Gasteiger partial charge in [-0.15, -0.1) is 0 Å². The molecular formula is C18H16N6O. The van der Waals surface area contributed by atoms with Crippen LogP contribution in [0.3, 0.4) is 0 Å². The van der Waals surface area contributed by atoms with E-state index < -0.39 is 0 Å². The lowest BCUT2D eigenvalue weighted by molar-refractivity contribution is 0.0952. The summed E-state index contributed by atoms with van der Waals surface area (Å²) in [6.45, 7) is 1.09. The zero-order chi connectivity index (χ0) is 17.1. The fraction of sp³-hybridized carbons (Fsp3) is 0.111. The highest BCUT2D eigenvalue weighted by molar-refractivity contribution is 5.97. The molecular weight excluding hydrogens is 316 g/mol. The number of H-pyrrole nitrogens is 1. The summed E-state index contributed by atoms with van der Waals surface area (Å²) >= 11 is 0. The van der Waals surface area contributed by atoms with Crippen molar-refractivity contribution in [3.63, 3.8) is 0 Å². The number of amides is 1. The molecule has 0 aliphatic carbocycles. The molecule has 0 atom stereocenters. The predicted molar refractivity (Wildman–Crippen MR) is 93.9 cm³/mol. The van der Waals surface area contributed by atoms with E-state index in [2.05, 4.69) is 25.3 Å². The average molecular weight is 332 g/mol. The van der Waals surface area contributed by atoms with E-state index in [4.69, 9.17) is 0 Å². The second-order valence-electron chi connectivity index (χ2n) is 5.57. The summed E-state index contributed by atoms with van der Waals surface area (Å²) in [4.78, 5) is 28.1. The van der Waals surface area contributed by atoms with Gasteiger partial charge < -0.3 is 14.9 Å².